The second-order valence-electron chi connectivity index (χ2n) is 8.35. The number of rotatable bonds is 9. The molecule has 2 aromatic carbocycles. The SMILES string of the molecule is COC(=O)[C@@H]1O[C@@H](Oc2ccccc2C(=O)OCc2ccccc2)[C@H](OC(C)=O)[C@@H](OC(C)=O)[C@H]1OC(C)=O. The number of para-hydroxylation sites is 1. The monoisotopic (exact) mass is 544 g/mol. The van der Waals surface area contributed by atoms with Crippen LogP contribution < -0.4 is 4.74 Å². The molecule has 0 saturated carbocycles. The average molecular weight is 545 g/mol. The summed E-state index contributed by atoms with van der Waals surface area (Å²) in [5, 5.41) is 0. The number of ether oxygens (including phenoxy) is 7. The third-order valence-corrected chi connectivity index (χ3v) is 5.40. The Kier molecular flexibility index (Phi) is 9.98. The summed E-state index contributed by atoms with van der Waals surface area (Å²) >= 11 is 0. The van der Waals surface area contributed by atoms with Crippen molar-refractivity contribution in [2.45, 2.75) is 58.1 Å². The number of esters is 5. The quantitative estimate of drug-likeness (QED) is 0.336. The van der Waals surface area contributed by atoms with Gasteiger partial charge in [0.15, 0.2) is 18.3 Å². The highest BCUT2D eigenvalue weighted by atomic mass is 16.7. The van der Waals surface area contributed by atoms with Crippen LogP contribution >= 0.6 is 0 Å². The third-order valence-electron chi connectivity index (χ3n) is 5.40. The van der Waals surface area contributed by atoms with Gasteiger partial charge in [0.2, 0.25) is 12.4 Å². The Balaban J connectivity index is 1.96. The normalized spacial score (nSPS) is 22.1. The standard InChI is InChI=1S/C27H28O12/c1-15(28)35-21-22(36-16(2)29)24(37-17(3)30)27(39-23(21)26(32)33-4)38-20-13-9-8-12-19(20)25(31)34-14-18-10-6-5-7-11-18/h5-13,21-24,27H,14H2,1-4H3/t21-,22+,23-,24-,27-/m1/s1. The first kappa shape index (κ1) is 29.1. The Morgan fingerprint density at radius 1 is 0.744 bits per heavy atom. The van der Waals surface area contributed by atoms with Gasteiger partial charge in [-0.1, -0.05) is 42.5 Å². The second kappa shape index (κ2) is 13.4. The van der Waals surface area contributed by atoms with Gasteiger partial charge in [0.1, 0.15) is 17.9 Å². The molecule has 3 rings (SSSR count). The number of benzene rings is 2. The minimum atomic E-state index is -1.64. The fraction of sp³-hybridized carbons (Fsp3) is 0.370. The van der Waals surface area contributed by atoms with Crippen molar-refractivity contribution in [3.05, 3.63) is 65.7 Å². The summed E-state index contributed by atoms with van der Waals surface area (Å²) in [4.78, 5) is 61.3. The molecule has 1 saturated heterocycles. The maximum absolute atomic E-state index is 12.9. The summed E-state index contributed by atoms with van der Waals surface area (Å²) < 4.78 is 37.7. The average Bonchev–Trinajstić information content (AvgIpc) is 2.90. The van der Waals surface area contributed by atoms with Crippen molar-refractivity contribution >= 4 is 29.8 Å². The van der Waals surface area contributed by atoms with Gasteiger partial charge in [-0.2, -0.15) is 0 Å². The van der Waals surface area contributed by atoms with Crippen molar-refractivity contribution in [3.63, 3.8) is 0 Å². The van der Waals surface area contributed by atoms with Crippen LogP contribution in [0.3, 0.4) is 0 Å². The highest BCUT2D eigenvalue weighted by Crippen LogP contribution is 2.32. The van der Waals surface area contributed by atoms with Crippen molar-refractivity contribution in [2.24, 2.45) is 0 Å². The molecule has 0 radical (unpaired) electrons. The number of hydrogen-bond donors (Lipinski definition) is 0. The third kappa shape index (κ3) is 7.77. The molecule has 1 aliphatic rings. The lowest BCUT2D eigenvalue weighted by molar-refractivity contribution is -0.282. The molecule has 12 heteroatoms. The van der Waals surface area contributed by atoms with Crippen molar-refractivity contribution in [1.82, 2.24) is 0 Å². The predicted molar refractivity (Wildman–Crippen MR) is 130 cm³/mol. The minimum absolute atomic E-state index is 0.000583. The van der Waals surface area contributed by atoms with Gasteiger partial charge in [-0.15, -0.1) is 0 Å². The first-order valence-electron chi connectivity index (χ1n) is 11.8. The second-order valence-corrected chi connectivity index (χ2v) is 8.35. The lowest BCUT2D eigenvalue weighted by Crippen LogP contribution is -2.64. The van der Waals surface area contributed by atoms with Crippen LogP contribution in [0.15, 0.2) is 54.6 Å². The molecule has 0 amide bonds. The van der Waals surface area contributed by atoms with Gasteiger partial charge in [0.25, 0.3) is 0 Å². The van der Waals surface area contributed by atoms with Crippen molar-refractivity contribution in [3.8, 4) is 5.75 Å². The van der Waals surface area contributed by atoms with Crippen LogP contribution in [0.2, 0.25) is 0 Å². The summed E-state index contributed by atoms with van der Waals surface area (Å²) in [6, 6.07) is 15.0. The molecule has 0 unspecified atom stereocenters. The van der Waals surface area contributed by atoms with Crippen LogP contribution in [0.25, 0.3) is 0 Å². The van der Waals surface area contributed by atoms with E-state index < -0.39 is 60.6 Å². The first-order chi connectivity index (χ1) is 18.6. The van der Waals surface area contributed by atoms with Gasteiger partial charge in [-0.3, -0.25) is 14.4 Å². The van der Waals surface area contributed by atoms with E-state index in [2.05, 4.69) is 0 Å². The molecule has 0 N–H and O–H groups in total. The molecular formula is C27H28O12. The van der Waals surface area contributed by atoms with Crippen LogP contribution in [0.1, 0.15) is 36.7 Å². The van der Waals surface area contributed by atoms with Crippen LogP contribution in [-0.4, -0.2) is 67.7 Å². The fourth-order valence-electron chi connectivity index (χ4n) is 3.84. The zero-order chi connectivity index (χ0) is 28.5. The van der Waals surface area contributed by atoms with E-state index in [0.29, 0.717) is 0 Å². The molecule has 12 nitrogen and oxygen atoms in total. The number of hydrogen-bond acceptors (Lipinski definition) is 12. The maximum atomic E-state index is 12.9. The zero-order valence-corrected chi connectivity index (χ0v) is 21.7. The molecule has 1 fully saturated rings. The van der Waals surface area contributed by atoms with Gasteiger partial charge in [0, 0.05) is 20.8 Å². The van der Waals surface area contributed by atoms with Crippen molar-refractivity contribution < 1.29 is 57.1 Å². The summed E-state index contributed by atoms with van der Waals surface area (Å²) in [7, 11) is 1.07. The number of carbonyl (C=O) groups excluding carboxylic acids is 5. The van der Waals surface area contributed by atoms with Gasteiger partial charge in [0.05, 0.1) is 7.11 Å². The number of methoxy groups -OCH3 is 1. The predicted octanol–water partition coefficient (Wildman–Crippen LogP) is 2.12. The Morgan fingerprint density at radius 2 is 1.31 bits per heavy atom. The fourth-order valence-corrected chi connectivity index (χ4v) is 3.84. The molecule has 5 atom stereocenters. The van der Waals surface area contributed by atoms with Crippen molar-refractivity contribution in [2.75, 3.05) is 7.11 Å². The van der Waals surface area contributed by atoms with E-state index in [1.54, 1.807) is 36.4 Å². The molecule has 0 aromatic heterocycles. The molecule has 1 aliphatic heterocycles. The lowest BCUT2D eigenvalue weighted by atomic mass is 9.97. The Morgan fingerprint density at radius 3 is 1.92 bits per heavy atom. The van der Waals surface area contributed by atoms with Gasteiger partial charge in [-0.05, 0) is 17.7 Å². The van der Waals surface area contributed by atoms with E-state index in [9.17, 15) is 24.0 Å². The Bertz CT molecular complexity index is 1190. The summed E-state index contributed by atoms with van der Waals surface area (Å²) in [6.07, 6.45) is -7.86. The van der Waals surface area contributed by atoms with E-state index >= 15 is 0 Å². The molecule has 0 aliphatic carbocycles. The number of carbonyl (C=O) groups is 5. The summed E-state index contributed by atoms with van der Waals surface area (Å²) in [6.45, 7) is 3.23. The van der Waals surface area contributed by atoms with Gasteiger partial charge < -0.3 is 33.2 Å². The maximum Gasteiger partial charge on any atom is 0.342 e. The molecular weight excluding hydrogens is 516 g/mol. The van der Waals surface area contributed by atoms with E-state index in [1.165, 1.54) is 12.1 Å². The summed E-state index contributed by atoms with van der Waals surface area (Å²) in [5.41, 5.74) is 0.760. The minimum Gasteiger partial charge on any atom is -0.467 e. The van der Waals surface area contributed by atoms with Crippen molar-refractivity contribution in [1.29, 1.82) is 0 Å². The van der Waals surface area contributed by atoms with Crippen LogP contribution in [0.5, 0.6) is 5.75 Å². The van der Waals surface area contributed by atoms with Gasteiger partial charge >= 0.3 is 29.8 Å². The van der Waals surface area contributed by atoms with Gasteiger partial charge in [-0.25, -0.2) is 9.59 Å². The molecule has 1 heterocycles. The van der Waals surface area contributed by atoms with Crippen LogP contribution in [0.4, 0.5) is 0 Å². The highest BCUT2D eigenvalue weighted by Gasteiger charge is 2.56. The van der Waals surface area contributed by atoms with Crippen LogP contribution in [-0.2, 0) is 54.2 Å². The highest BCUT2D eigenvalue weighted by molar-refractivity contribution is 5.92. The van der Waals surface area contributed by atoms with E-state index in [1.807, 2.05) is 6.07 Å². The van der Waals surface area contributed by atoms with E-state index in [4.69, 9.17) is 33.2 Å². The van der Waals surface area contributed by atoms with E-state index in [0.717, 1.165) is 33.4 Å². The molecule has 0 bridgehead atoms. The van der Waals surface area contributed by atoms with Crippen LogP contribution in [0, 0.1) is 0 Å². The Hall–Kier alpha value is -4.45. The zero-order valence-electron chi connectivity index (χ0n) is 21.7. The molecule has 0 spiro atoms. The Labute approximate surface area is 224 Å². The van der Waals surface area contributed by atoms with E-state index in [-0.39, 0.29) is 17.9 Å². The topological polar surface area (TPSA) is 150 Å². The smallest absolute Gasteiger partial charge is 0.342 e. The lowest BCUT2D eigenvalue weighted by Gasteiger charge is -2.43. The largest absolute Gasteiger partial charge is 0.467 e. The first-order valence-corrected chi connectivity index (χ1v) is 11.8. The molecule has 2 aromatic rings. The molecule has 39 heavy (non-hydrogen) atoms. The molecule has 208 valence electrons. The summed E-state index contributed by atoms with van der Waals surface area (Å²) in [5.74, 6) is -4.24.